The van der Waals surface area contributed by atoms with Gasteiger partial charge < -0.3 is 73.8 Å². The van der Waals surface area contributed by atoms with E-state index in [0.717, 1.165) is 6.42 Å². The van der Waals surface area contributed by atoms with Crippen LogP contribution in [0.4, 0.5) is 0 Å². The molecular formula is C41H71NaO18S. The summed E-state index contributed by atoms with van der Waals surface area (Å²) in [5.74, 6) is -2.63. The van der Waals surface area contributed by atoms with Crippen LogP contribution >= 0.6 is 0 Å². The van der Waals surface area contributed by atoms with Crippen LogP contribution in [0.2, 0.25) is 0 Å². The van der Waals surface area contributed by atoms with Crippen molar-refractivity contribution in [1.29, 1.82) is 0 Å². The second kappa shape index (κ2) is 20.3. The minimum atomic E-state index is -5.28. The molecule has 350 valence electrons. The molecule has 0 spiro atoms. The Kier molecular flexibility index (Phi) is 17.4. The van der Waals surface area contributed by atoms with Gasteiger partial charge in [0.15, 0.2) is 12.6 Å². The number of hydrogen-bond donors (Lipinski definition) is 8. The molecule has 4 saturated carbocycles. The summed E-state index contributed by atoms with van der Waals surface area (Å²) in [7, 11) is -2.45. The molecule has 2 aliphatic heterocycles. The number of ether oxygens (including phenoxy) is 6. The largest absolute Gasteiger partial charge is 1.00 e. The summed E-state index contributed by atoms with van der Waals surface area (Å²) in [6.07, 6.45) is -12.1. The second-order valence-corrected chi connectivity index (χ2v) is 20.7. The third kappa shape index (κ3) is 9.98. The fourth-order valence-electron chi connectivity index (χ4n) is 13.2. The maximum absolute atomic E-state index is 12.8. The van der Waals surface area contributed by atoms with E-state index in [1.165, 1.54) is 14.2 Å². The smallest absolute Gasteiger partial charge is 0.726 e. The maximum Gasteiger partial charge on any atom is 1.00 e. The quantitative estimate of drug-likeness (QED) is 0.0456. The Morgan fingerprint density at radius 1 is 0.754 bits per heavy atom. The Labute approximate surface area is 382 Å². The molecule has 0 amide bonds. The van der Waals surface area contributed by atoms with Crippen LogP contribution in [-0.4, -0.2) is 173 Å². The Balaban J connectivity index is 0.00000704. The van der Waals surface area contributed by atoms with Gasteiger partial charge in [-0.3, -0.25) is 4.18 Å². The average Bonchev–Trinajstić information content (AvgIpc) is 3.37. The topological polar surface area (TPSA) is 284 Å². The first kappa shape index (κ1) is 52.3. The first-order chi connectivity index (χ1) is 28.0. The predicted molar refractivity (Wildman–Crippen MR) is 208 cm³/mol. The van der Waals surface area contributed by atoms with Gasteiger partial charge in [0, 0.05) is 32.5 Å². The molecular weight excluding hydrogens is 835 g/mol. The van der Waals surface area contributed by atoms with Gasteiger partial charge in [0.2, 0.25) is 10.4 Å². The van der Waals surface area contributed by atoms with E-state index in [9.17, 15) is 53.8 Å². The molecule has 11 unspecified atom stereocenters. The van der Waals surface area contributed by atoms with E-state index in [0.29, 0.717) is 32.1 Å². The van der Waals surface area contributed by atoms with Crippen LogP contribution < -0.4 is 29.6 Å². The molecule has 6 rings (SSSR count). The van der Waals surface area contributed by atoms with Crippen LogP contribution in [0.5, 0.6) is 0 Å². The van der Waals surface area contributed by atoms with Gasteiger partial charge in [-0.25, -0.2) is 8.42 Å². The van der Waals surface area contributed by atoms with Gasteiger partial charge in [0.25, 0.3) is 0 Å². The first-order valence-electron chi connectivity index (χ1n) is 21.7. The third-order valence-electron chi connectivity index (χ3n) is 16.1. The first-order valence-corrected chi connectivity index (χ1v) is 23.1. The summed E-state index contributed by atoms with van der Waals surface area (Å²) in [6, 6.07) is 0. The molecule has 61 heavy (non-hydrogen) atoms. The van der Waals surface area contributed by atoms with E-state index in [1.807, 2.05) is 20.8 Å². The molecule has 6 aliphatic rings. The number of methoxy groups -OCH3 is 2. The summed E-state index contributed by atoms with van der Waals surface area (Å²) < 4.78 is 75.6. The van der Waals surface area contributed by atoms with Crippen LogP contribution in [0.15, 0.2) is 0 Å². The van der Waals surface area contributed by atoms with Gasteiger partial charge in [-0.15, -0.1) is 0 Å². The molecule has 2 saturated heterocycles. The van der Waals surface area contributed by atoms with Crippen LogP contribution in [0.1, 0.15) is 86.0 Å². The van der Waals surface area contributed by atoms with Crippen molar-refractivity contribution in [1.82, 2.24) is 0 Å². The van der Waals surface area contributed by atoms with Crippen molar-refractivity contribution in [3.63, 3.8) is 0 Å². The van der Waals surface area contributed by atoms with Crippen molar-refractivity contribution in [2.24, 2.45) is 52.3 Å². The molecule has 0 aromatic carbocycles. The minimum absolute atomic E-state index is 0. The SMILES string of the molecule is COC1COC(OC2C(OCC[C@@H](CC[C@@H](C)[C@H]3[C@@H](O)[C@@H](O)C4[C@]5(O)C[C@H](OS(=O)(=O)[O-])C6[C@@H](O)[C@@H](O)CC[C@]6(C)C5CC[C@@]43C)C(C)C)OCC(O)C2O)C(OC)C1O.[Na+]. The van der Waals surface area contributed by atoms with E-state index in [1.54, 1.807) is 0 Å². The van der Waals surface area contributed by atoms with Gasteiger partial charge in [0.05, 0.1) is 55.9 Å². The molecule has 2 heterocycles. The van der Waals surface area contributed by atoms with Crippen molar-refractivity contribution in [2.75, 3.05) is 34.0 Å². The van der Waals surface area contributed by atoms with Gasteiger partial charge in [-0.2, -0.15) is 0 Å². The number of hydrogen-bond acceptors (Lipinski definition) is 18. The van der Waals surface area contributed by atoms with Crippen molar-refractivity contribution < 1.29 is 116 Å². The predicted octanol–water partition coefficient (Wildman–Crippen LogP) is -3.20. The van der Waals surface area contributed by atoms with Crippen LogP contribution in [0.3, 0.4) is 0 Å². The van der Waals surface area contributed by atoms with Gasteiger partial charge in [0.1, 0.15) is 36.6 Å². The summed E-state index contributed by atoms with van der Waals surface area (Å²) in [5.41, 5.74) is -3.49. The molecule has 0 aromatic rings. The zero-order valence-electron chi connectivity index (χ0n) is 36.9. The van der Waals surface area contributed by atoms with E-state index < -0.39 is 130 Å². The van der Waals surface area contributed by atoms with Gasteiger partial charge >= 0.3 is 29.6 Å². The summed E-state index contributed by atoms with van der Waals surface area (Å²) >= 11 is 0. The molecule has 6 fully saturated rings. The van der Waals surface area contributed by atoms with E-state index in [4.69, 9.17) is 32.6 Å². The number of rotatable bonds is 15. The van der Waals surface area contributed by atoms with Gasteiger partial charge in [-0.05, 0) is 78.9 Å². The zero-order valence-corrected chi connectivity index (χ0v) is 39.7. The molecule has 0 radical (unpaired) electrons. The number of aliphatic hydroxyl groups excluding tert-OH is 7. The maximum atomic E-state index is 12.8. The van der Waals surface area contributed by atoms with Crippen molar-refractivity contribution in [3.8, 4) is 0 Å². The molecule has 4 aliphatic carbocycles. The van der Waals surface area contributed by atoms with E-state index >= 15 is 0 Å². The standard InChI is InChI=1S/C41H72O18S.Na/c1-19(2)21(12-15-55-37-35(30(45)23(43)17-56-37)58-38-34(54-7)31(46)25(53-6)18-57-38)9-8-20(3)27-32(47)33(48)36-40(27,5)14-11-26-39(4)13-10-22(42)29(44)28(39)24(16-41(26,36)49)59-60(50,51)52;/h19-38,42-49H,8-18H2,1-7H3,(H,50,51,52);/q;+1/p-1/t20-,21-,22+,23?,24+,25?,26?,27+,28?,29+,30?,31?,32-,33-,34?,35?,36?,37?,38?,39-,40-,41+;/m1./s1. The second-order valence-electron chi connectivity index (χ2n) is 19.7. The zero-order chi connectivity index (χ0) is 44.3. The van der Waals surface area contributed by atoms with Crippen molar-refractivity contribution in [3.05, 3.63) is 0 Å². The van der Waals surface area contributed by atoms with Crippen LogP contribution in [0.25, 0.3) is 0 Å². The van der Waals surface area contributed by atoms with Crippen LogP contribution in [-0.2, 0) is 43.0 Å². The fourth-order valence-corrected chi connectivity index (χ4v) is 13.7. The molecule has 20 heteroatoms. The van der Waals surface area contributed by atoms with Crippen molar-refractivity contribution in [2.45, 2.75) is 171 Å². The van der Waals surface area contributed by atoms with E-state index in [2.05, 4.69) is 13.8 Å². The van der Waals surface area contributed by atoms with Crippen molar-refractivity contribution >= 4 is 10.4 Å². The molecule has 8 N–H and O–H groups in total. The molecule has 0 bridgehead atoms. The Morgan fingerprint density at radius 2 is 1.41 bits per heavy atom. The monoisotopic (exact) mass is 906 g/mol. The van der Waals surface area contributed by atoms with Crippen LogP contribution in [0, 0.1) is 52.3 Å². The van der Waals surface area contributed by atoms with E-state index in [-0.39, 0.29) is 80.0 Å². The number of aliphatic hydroxyl groups is 8. The summed E-state index contributed by atoms with van der Waals surface area (Å²) in [6.45, 7) is 10.1. The Morgan fingerprint density at radius 3 is 2.03 bits per heavy atom. The average molecular weight is 907 g/mol. The molecule has 0 aromatic heterocycles. The molecule has 18 nitrogen and oxygen atoms in total. The van der Waals surface area contributed by atoms with Gasteiger partial charge in [-0.1, -0.05) is 41.0 Å². The Hall–Kier alpha value is 0.310. The summed E-state index contributed by atoms with van der Waals surface area (Å²) in [5, 5.41) is 90.4. The molecule has 22 atom stereocenters. The normalized spacial score (nSPS) is 48.7. The number of fused-ring (bicyclic) bond motifs is 5. The summed E-state index contributed by atoms with van der Waals surface area (Å²) in [4.78, 5) is 0. The third-order valence-corrected chi connectivity index (χ3v) is 16.6. The fraction of sp³-hybridized carbons (Fsp3) is 1.00. The minimum Gasteiger partial charge on any atom is -0.726 e. The Bertz CT molecular complexity index is 1550.